The van der Waals surface area contributed by atoms with Gasteiger partial charge in [0.05, 0.1) is 23.6 Å². The molecule has 1 saturated heterocycles. The highest BCUT2D eigenvalue weighted by Gasteiger charge is 2.36. The lowest BCUT2D eigenvalue weighted by molar-refractivity contribution is -0.135. The first kappa shape index (κ1) is 16.7. The average Bonchev–Trinajstić information content (AvgIpc) is 2.85. The third-order valence-corrected chi connectivity index (χ3v) is 4.87. The quantitative estimate of drug-likeness (QED) is 0.860. The smallest absolute Gasteiger partial charge is 0.239 e. The van der Waals surface area contributed by atoms with Crippen molar-refractivity contribution in [1.29, 1.82) is 0 Å². The minimum Gasteiger partial charge on any atom is -0.378 e. The van der Waals surface area contributed by atoms with Crippen LogP contribution < -0.4 is 11.1 Å². The maximum Gasteiger partial charge on any atom is 0.239 e. The molecule has 0 aromatic carbocycles. The van der Waals surface area contributed by atoms with Crippen molar-refractivity contribution in [3.63, 3.8) is 0 Å². The van der Waals surface area contributed by atoms with E-state index in [-0.39, 0.29) is 24.0 Å². The van der Waals surface area contributed by atoms with E-state index in [4.69, 9.17) is 22.1 Å². The Balaban J connectivity index is 2.25. The molecule has 0 radical (unpaired) electrons. The molecule has 2 heterocycles. The molecule has 1 aromatic rings. The number of hydrogen-bond donors (Lipinski definition) is 2. The Labute approximate surface area is 134 Å². The number of nitrogens with one attached hydrogen (secondary N) is 1. The highest BCUT2D eigenvalue weighted by Crippen LogP contribution is 2.34. The van der Waals surface area contributed by atoms with Gasteiger partial charge in [-0.25, -0.2) is 0 Å². The van der Waals surface area contributed by atoms with Crippen molar-refractivity contribution >= 4 is 28.8 Å². The summed E-state index contributed by atoms with van der Waals surface area (Å²) >= 11 is 7.57. The number of thiophene rings is 1. The summed E-state index contributed by atoms with van der Waals surface area (Å²) in [6, 6.07) is 3.42. The molecule has 1 amide bonds. The fraction of sp³-hybridized carbons (Fsp3) is 0.643. The van der Waals surface area contributed by atoms with Gasteiger partial charge in [-0.2, -0.15) is 0 Å². The second-order valence-corrected chi connectivity index (χ2v) is 6.92. The lowest BCUT2D eigenvalue weighted by atomic mass is 10.0. The summed E-state index contributed by atoms with van der Waals surface area (Å²) in [6.07, 6.45) is 0. The van der Waals surface area contributed by atoms with Crippen LogP contribution in [0.3, 0.4) is 0 Å². The van der Waals surface area contributed by atoms with Crippen molar-refractivity contribution < 1.29 is 9.53 Å². The van der Waals surface area contributed by atoms with Gasteiger partial charge in [-0.15, -0.1) is 11.3 Å². The third kappa shape index (κ3) is 3.96. The second-order valence-electron chi connectivity index (χ2n) is 5.17. The van der Waals surface area contributed by atoms with Crippen LogP contribution in [0.4, 0.5) is 0 Å². The van der Waals surface area contributed by atoms with Gasteiger partial charge in [-0.05, 0) is 26.0 Å². The molecule has 118 valence electrons. The van der Waals surface area contributed by atoms with Crippen LogP contribution in [-0.2, 0) is 9.53 Å². The van der Waals surface area contributed by atoms with Gasteiger partial charge < -0.3 is 15.8 Å². The number of ether oxygens (including phenoxy) is 1. The van der Waals surface area contributed by atoms with E-state index in [1.54, 1.807) is 0 Å². The van der Waals surface area contributed by atoms with Crippen LogP contribution in [0.5, 0.6) is 0 Å². The number of nitrogens with zero attached hydrogens (tertiary/aromatic N) is 1. The van der Waals surface area contributed by atoms with Crippen molar-refractivity contribution in [1.82, 2.24) is 10.2 Å². The zero-order chi connectivity index (χ0) is 15.4. The van der Waals surface area contributed by atoms with Crippen molar-refractivity contribution in [2.45, 2.75) is 32.0 Å². The minimum atomic E-state index is -0.310. The first-order valence-electron chi connectivity index (χ1n) is 7.16. The van der Waals surface area contributed by atoms with Gasteiger partial charge in [0, 0.05) is 24.0 Å². The molecule has 3 unspecified atom stereocenters. The molecule has 1 fully saturated rings. The lowest BCUT2D eigenvalue weighted by Gasteiger charge is -2.41. The van der Waals surface area contributed by atoms with Gasteiger partial charge in [-0.1, -0.05) is 11.6 Å². The number of likely N-dealkylation sites (N-methyl/N-ethyl adjacent to an activating group) is 1. The van der Waals surface area contributed by atoms with Crippen molar-refractivity contribution in [3.8, 4) is 0 Å². The summed E-state index contributed by atoms with van der Waals surface area (Å²) in [5.41, 5.74) is 6.19. The molecule has 0 saturated carbocycles. The highest BCUT2D eigenvalue weighted by molar-refractivity contribution is 7.16. The molecular weight excluding hydrogens is 310 g/mol. The maximum absolute atomic E-state index is 12.3. The molecule has 5 nitrogen and oxygen atoms in total. The SMILES string of the molecule is CCNC(=O)C1COCCN1C(c1ccc(Cl)s1)C(C)N. The van der Waals surface area contributed by atoms with E-state index in [2.05, 4.69) is 10.2 Å². The Hall–Kier alpha value is -0.660. The van der Waals surface area contributed by atoms with Crippen LogP contribution in [-0.4, -0.2) is 49.2 Å². The summed E-state index contributed by atoms with van der Waals surface area (Å²) in [5, 5.41) is 2.87. The van der Waals surface area contributed by atoms with E-state index in [0.717, 1.165) is 9.21 Å². The van der Waals surface area contributed by atoms with E-state index in [9.17, 15) is 4.79 Å². The van der Waals surface area contributed by atoms with Crippen LogP contribution in [0.1, 0.15) is 24.8 Å². The number of carbonyl (C=O) groups is 1. The Kier molecular flexibility index (Phi) is 6.01. The summed E-state index contributed by atoms with van der Waals surface area (Å²) in [7, 11) is 0. The largest absolute Gasteiger partial charge is 0.378 e. The van der Waals surface area contributed by atoms with E-state index < -0.39 is 0 Å². The number of hydrogen-bond acceptors (Lipinski definition) is 5. The molecule has 21 heavy (non-hydrogen) atoms. The van der Waals surface area contributed by atoms with Gasteiger partial charge in [0.1, 0.15) is 6.04 Å². The Morgan fingerprint density at radius 2 is 2.43 bits per heavy atom. The lowest BCUT2D eigenvalue weighted by Crippen LogP contribution is -2.57. The van der Waals surface area contributed by atoms with Gasteiger partial charge in [0.25, 0.3) is 0 Å². The van der Waals surface area contributed by atoms with Crippen LogP contribution >= 0.6 is 22.9 Å². The number of carbonyl (C=O) groups excluding carboxylic acids is 1. The van der Waals surface area contributed by atoms with Gasteiger partial charge in [0.2, 0.25) is 5.91 Å². The zero-order valence-corrected chi connectivity index (χ0v) is 13.9. The van der Waals surface area contributed by atoms with Crippen molar-refractivity contribution in [3.05, 3.63) is 21.3 Å². The Morgan fingerprint density at radius 1 is 1.67 bits per heavy atom. The molecule has 3 atom stereocenters. The number of nitrogens with two attached hydrogens (primary N) is 1. The molecule has 1 aliphatic rings. The van der Waals surface area contributed by atoms with Gasteiger partial charge >= 0.3 is 0 Å². The highest BCUT2D eigenvalue weighted by atomic mass is 35.5. The number of rotatable bonds is 5. The standard InChI is InChI=1S/C14H22ClN3O2S/c1-3-17-14(19)10-8-20-7-6-18(10)13(9(2)16)11-4-5-12(15)21-11/h4-5,9-10,13H,3,6-8,16H2,1-2H3,(H,17,19). The van der Waals surface area contributed by atoms with Crippen LogP contribution in [0.15, 0.2) is 12.1 Å². The maximum atomic E-state index is 12.3. The molecule has 2 rings (SSSR count). The fourth-order valence-corrected chi connectivity index (χ4v) is 3.98. The van der Waals surface area contributed by atoms with E-state index in [1.165, 1.54) is 11.3 Å². The average molecular weight is 332 g/mol. The first-order valence-corrected chi connectivity index (χ1v) is 8.36. The number of amides is 1. The molecule has 7 heteroatoms. The van der Waals surface area contributed by atoms with Gasteiger partial charge in [-0.3, -0.25) is 9.69 Å². The molecule has 1 aromatic heterocycles. The van der Waals surface area contributed by atoms with Crippen LogP contribution in [0, 0.1) is 0 Å². The second kappa shape index (κ2) is 7.56. The monoisotopic (exact) mass is 331 g/mol. The predicted molar refractivity (Wildman–Crippen MR) is 85.7 cm³/mol. The Bertz CT molecular complexity index is 481. The first-order chi connectivity index (χ1) is 10.0. The fourth-order valence-electron chi connectivity index (χ4n) is 2.68. The summed E-state index contributed by atoms with van der Waals surface area (Å²) in [5.74, 6) is -0.00879. The van der Waals surface area contributed by atoms with Crippen LogP contribution in [0.25, 0.3) is 0 Å². The minimum absolute atomic E-state index is 0.00879. The summed E-state index contributed by atoms with van der Waals surface area (Å²) < 4.78 is 6.22. The number of halogens is 1. The van der Waals surface area contributed by atoms with E-state index >= 15 is 0 Å². The topological polar surface area (TPSA) is 67.6 Å². The van der Waals surface area contributed by atoms with E-state index in [1.807, 2.05) is 26.0 Å². The van der Waals surface area contributed by atoms with Crippen molar-refractivity contribution in [2.75, 3.05) is 26.3 Å². The summed E-state index contributed by atoms with van der Waals surface area (Å²) in [4.78, 5) is 15.5. The molecule has 0 aliphatic carbocycles. The zero-order valence-electron chi connectivity index (χ0n) is 12.3. The molecule has 0 spiro atoms. The molecule has 0 bridgehead atoms. The van der Waals surface area contributed by atoms with Gasteiger partial charge in [0.15, 0.2) is 0 Å². The molecule has 1 aliphatic heterocycles. The van der Waals surface area contributed by atoms with E-state index in [0.29, 0.717) is 26.3 Å². The number of morpholine rings is 1. The van der Waals surface area contributed by atoms with Crippen molar-refractivity contribution in [2.24, 2.45) is 5.73 Å². The summed E-state index contributed by atoms with van der Waals surface area (Å²) in [6.45, 7) is 6.17. The third-order valence-electron chi connectivity index (χ3n) is 3.56. The molecule has 3 N–H and O–H groups in total. The normalized spacial score (nSPS) is 22.8. The predicted octanol–water partition coefficient (Wildman–Crippen LogP) is 1.63. The molecular formula is C14H22ClN3O2S. The van der Waals surface area contributed by atoms with Crippen LogP contribution in [0.2, 0.25) is 4.34 Å². The Morgan fingerprint density at radius 3 is 3.00 bits per heavy atom.